The monoisotopic (exact) mass is 413 g/mol. The van der Waals surface area contributed by atoms with Crippen molar-refractivity contribution in [2.45, 2.75) is 42.4 Å². The highest BCUT2D eigenvalue weighted by Gasteiger charge is 2.30. The van der Waals surface area contributed by atoms with Gasteiger partial charge in [0.15, 0.2) is 9.84 Å². The standard InChI is InChI=1S/C21H23N3O4S/c1-23-18-11-4-5-12-19(18)24(21(23)26)14-20(25)22-15-7-6-10-17(13-15)29(27,28)16-8-2-3-9-16/h4-7,10-13,16H,2-3,8-9,14H2,1H3,(H,22,25). The summed E-state index contributed by atoms with van der Waals surface area (Å²) in [5.74, 6) is -0.390. The van der Waals surface area contributed by atoms with Gasteiger partial charge in [-0.2, -0.15) is 0 Å². The second kappa shape index (κ2) is 7.51. The Kier molecular flexibility index (Phi) is 5.04. The van der Waals surface area contributed by atoms with E-state index in [1.165, 1.54) is 15.2 Å². The van der Waals surface area contributed by atoms with Crippen LogP contribution in [0.2, 0.25) is 0 Å². The Labute approximate surface area is 168 Å². The molecule has 0 radical (unpaired) electrons. The van der Waals surface area contributed by atoms with Gasteiger partial charge in [0.05, 0.1) is 21.2 Å². The third kappa shape index (κ3) is 3.60. The third-order valence-electron chi connectivity index (χ3n) is 5.54. The first kappa shape index (κ1) is 19.4. The lowest BCUT2D eigenvalue weighted by molar-refractivity contribution is -0.116. The summed E-state index contributed by atoms with van der Waals surface area (Å²) in [7, 11) is -1.73. The fraction of sp³-hybridized carbons (Fsp3) is 0.333. The molecule has 0 bridgehead atoms. The number of nitrogens with one attached hydrogen (secondary N) is 1. The molecular weight excluding hydrogens is 390 g/mol. The number of carbonyl (C=O) groups excluding carboxylic acids is 1. The zero-order valence-corrected chi connectivity index (χ0v) is 17.0. The molecule has 4 rings (SSSR count). The first-order valence-corrected chi connectivity index (χ1v) is 11.2. The molecule has 1 saturated carbocycles. The molecule has 0 saturated heterocycles. The summed E-state index contributed by atoms with van der Waals surface area (Å²) in [6.07, 6.45) is 3.23. The molecule has 29 heavy (non-hydrogen) atoms. The van der Waals surface area contributed by atoms with Crippen molar-refractivity contribution in [2.75, 3.05) is 5.32 Å². The lowest BCUT2D eigenvalue weighted by Crippen LogP contribution is -2.28. The lowest BCUT2D eigenvalue weighted by Gasteiger charge is -2.13. The summed E-state index contributed by atoms with van der Waals surface area (Å²) in [5, 5.41) is 2.38. The Hall–Kier alpha value is -2.87. The van der Waals surface area contributed by atoms with Crippen molar-refractivity contribution in [2.24, 2.45) is 7.05 Å². The summed E-state index contributed by atoms with van der Waals surface area (Å²) < 4.78 is 28.5. The van der Waals surface area contributed by atoms with Crippen LogP contribution >= 0.6 is 0 Å². The van der Waals surface area contributed by atoms with Crippen molar-refractivity contribution in [3.8, 4) is 0 Å². The highest BCUT2D eigenvalue weighted by Crippen LogP contribution is 2.30. The summed E-state index contributed by atoms with van der Waals surface area (Å²) in [5.41, 5.74) is 1.55. The zero-order valence-electron chi connectivity index (χ0n) is 16.2. The fourth-order valence-electron chi connectivity index (χ4n) is 4.00. The van der Waals surface area contributed by atoms with Gasteiger partial charge >= 0.3 is 5.69 Å². The van der Waals surface area contributed by atoms with Crippen LogP contribution < -0.4 is 11.0 Å². The van der Waals surface area contributed by atoms with Gasteiger partial charge in [0.2, 0.25) is 5.91 Å². The number of para-hydroxylation sites is 2. The average Bonchev–Trinajstić information content (AvgIpc) is 3.33. The fourth-order valence-corrected chi connectivity index (χ4v) is 5.90. The van der Waals surface area contributed by atoms with E-state index < -0.39 is 9.84 Å². The Morgan fingerprint density at radius 2 is 1.76 bits per heavy atom. The number of carbonyl (C=O) groups is 1. The van der Waals surface area contributed by atoms with Gasteiger partial charge in [-0.05, 0) is 43.2 Å². The third-order valence-corrected chi connectivity index (χ3v) is 7.80. The highest BCUT2D eigenvalue weighted by molar-refractivity contribution is 7.92. The molecule has 1 fully saturated rings. The molecule has 1 amide bonds. The van der Waals surface area contributed by atoms with E-state index in [4.69, 9.17) is 0 Å². The Bertz CT molecular complexity index is 1230. The predicted octanol–water partition coefficient (Wildman–Crippen LogP) is 2.70. The van der Waals surface area contributed by atoms with Gasteiger partial charge in [-0.25, -0.2) is 13.2 Å². The smallest absolute Gasteiger partial charge is 0.324 e. The summed E-state index contributed by atoms with van der Waals surface area (Å²) >= 11 is 0. The topological polar surface area (TPSA) is 90.2 Å². The van der Waals surface area contributed by atoms with Crippen molar-refractivity contribution in [1.29, 1.82) is 0 Å². The van der Waals surface area contributed by atoms with Crippen molar-refractivity contribution in [1.82, 2.24) is 9.13 Å². The van der Waals surface area contributed by atoms with Crippen molar-refractivity contribution in [3.63, 3.8) is 0 Å². The number of amides is 1. The molecule has 1 heterocycles. The molecule has 1 aliphatic rings. The quantitative estimate of drug-likeness (QED) is 0.696. The number of fused-ring (bicyclic) bond motifs is 1. The van der Waals surface area contributed by atoms with E-state index in [2.05, 4.69) is 5.32 Å². The molecule has 0 atom stereocenters. The normalized spacial score (nSPS) is 15.1. The number of benzene rings is 2. The second-order valence-corrected chi connectivity index (χ2v) is 9.67. The molecule has 7 nitrogen and oxygen atoms in total. The number of aryl methyl sites for hydroxylation is 1. The molecular formula is C21H23N3O4S. The predicted molar refractivity (Wildman–Crippen MR) is 112 cm³/mol. The molecule has 3 aromatic rings. The van der Waals surface area contributed by atoms with E-state index in [1.807, 2.05) is 18.2 Å². The Balaban J connectivity index is 1.56. The van der Waals surface area contributed by atoms with Crippen LogP contribution in [-0.2, 0) is 28.2 Å². The van der Waals surface area contributed by atoms with Crippen molar-refractivity contribution in [3.05, 3.63) is 59.0 Å². The summed E-state index contributed by atoms with van der Waals surface area (Å²) in [6, 6.07) is 13.6. The molecule has 0 unspecified atom stereocenters. The van der Waals surface area contributed by atoms with E-state index in [1.54, 1.807) is 31.3 Å². The van der Waals surface area contributed by atoms with E-state index in [0.717, 1.165) is 18.4 Å². The van der Waals surface area contributed by atoms with Gasteiger partial charge in [0.1, 0.15) is 6.54 Å². The molecule has 2 aromatic carbocycles. The van der Waals surface area contributed by atoms with Gasteiger partial charge in [-0.15, -0.1) is 0 Å². The number of rotatable bonds is 5. The molecule has 1 N–H and O–H groups in total. The number of nitrogens with zero attached hydrogens (tertiary/aromatic N) is 2. The van der Waals surface area contributed by atoms with Crippen molar-refractivity contribution < 1.29 is 13.2 Å². The summed E-state index contributed by atoms with van der Waals surface area (Å²) in [6.45, 7) is -0.153. The van der Waals surface area contributed by atoms with Crippen LogP contribution in [0.15, 0.2) is 58.2 Å². The summed E-state index contributed by atoms with van der Waals surface area (Å²) in [4.78, 5) is 25.3. The molecule has 152 valence electrons. The average molecular weight is 413 g/mol. The van der Waals surface area contributed by atoms with E-state index >= 15 is 0 Å². The van der Waals surface area contributed by atoms with Crippen LogP contribution in [0.4, 0.5) is 5.69 Å². The van der Waals surface area contributed by atoms with Crippen molar-refractivity contribution >= 4 is 32.5 Å². The number of anilines is 1. The second-order valence-electron chi connectivity index (χ2n) is 7.44. The van der Waals surface area contributed by atoms with Gasteiger partial charge in [-0.3, -0.25) is 13.9 Å². The van der Waals surface area contributed by atoms with Crippen LogP contribution in [-0.4, -0.2) is 28.7 Å². The zero-order chi connectivity index (χ0) is 20.6. The minimum atomic E-state index is -3.40. The van der Waals surface area contributed by atoms with Gasteiger partial charge in [0, 0.05) is 12.7 Å². The number of aromatic nitrogens is 2. The SMILES string of the molecule is Cn1c(=O)n(CC(=O)Nc2cccc(S(=O)(=O)C3CCCC3)c2)c2ccccc21. The van der Waals surface area contributed by atoms with Gasteiger partial charge < -0.3 is 5.32 Å². The van der Waals surface area contributed by atoms with E-state index in [9.17, 15) is 18.0 Å². The molecule has 0 aliphatic heterocycles. The van der Waals surface area contributed by atoms with Crippen LogP contribution in [0, 0.1) is 0 Å². The van der Waals surface area contributed by atoms with Crippen LogP contribution in [0.25, 0.3) is 11.0 Å². The first-order valence-electron chi connectivity index (χ1n) is 9.66. The maximum absolute atomic E-state index is 12.8. The van der Waals surface area contributed by atoms with Gasteiger partial charge in [0.25, 0.3) is 0 Å². The molecule has 8 heteroatoms. The van der Waals surface area contributed by atoms with Gasteiger partial charge in [-0.1, -0.05) is 31.0 Å². The minimum absolute atomic E-state index is 0.153. The Morgan fingerprint density at radius 1 is 1.07 bits per heavy atom. The largest absolute Gasteiger partial charge is 0.329 e. The minimum Gasteiger partial charge on any atom is -0.324 e. The maximum Gasteiger partial charge on any atom is 0.329 e. The number of imidazole rings is 1. The number of hydrogen-bond donors (Lipinski definition) is 1. The highest BCUT2D eigenvalue weighted by atomic mass is 32.2. The van der Waals surface area contributed by atoms with Crippen LogP contribution in [0.5, 0.6) is 0 Å². The van der Waals surface area contributed by atoms with E-state index in [-0.39, 0.29) is 28.3 Å². The number of hydrogen-bond acceptors (Lipinski definition) is 4. The Morgan fingerprint density at radius 3 is 2.48 bits per heavy atom. The van der Waals surface area contributed by atoms with Crippen LogP contribution in [0.3, 0.4) is 0 Å². The lowest BCUT2D eigenvalue weighted by atomic mass is 10.3. The molecule has 1 aromatic heterocycles. The molecule has 0 spiro atoms. The van der Waals surface area contributed by atoms with E-state index in [0.29, 0.717) is 24.0 Å². The maximum atomic E-state index is 12.8. The molecule has 1 aliphatic carbocycles. The number of sulfone groups is 1. The van der Waals surface area contributed by atoms with Crippen LogP contribution in [0.1, 0.15) is 25.7 Å². The first-order chi connectivity index (χ1) is 13.9.